The molecule has 0 amide bonds. The number of fused-ring (bicyclic) bond motifs is 1. The lowest BCUT2D eigenvalue weighted by molar-refractivity contribution is 0.0696. The smallest absolute Gasteiger partial charge is 0.335 e. The summed E-state index contributed by atoms with van der Waals surface area (Å²) in [5.74, 6) is -0.344. The zero-order valence-electron chi connectivity index (χ0n) is 11.0. The highest BCUT2D eigenvalue weighted by Gasteiger charge is 2.26. The van der Waals surface area contributed by atoms with Gasteiger partial charge in [-0.05, 0) is 42.4 Å². The van der Waals surface area contributed by atoms with Gasteiger partial charge in [0, 0.05) is 18.9 Å². The lowest BCUT2D eigenvalue weighted by Crippen LogP contribution is -2.03. The molecule has 0 aliphatic heterocycles. The number of halogens is 1. The Bertz CT molecular complexity index is 596. The first-order valence-corrected chi connectivity index (χ1v) is 6.56. The molecule has 1 atom stereocenters. The van der Waals surface area contributed by atoms with Crippen molar-refractivity contribution in [3.63, 3.8) is 0 Å². The number of aryl methyl sites for hydroxylation is 1. The number of hydrogen-bond acceptors (Lipinski definition) is 2. The Morgan fingerprint density at radius 1 is 1.45 bits per heavy atom. The molecule has 1 aromatic carbocycles. The predicted octanol–water partition coefficient (Wildman–Crippen LogP) is 3.12. The van der Waals surface area contributed by atoms with E-state index in [1.807, 2.05) is 18.6 Å². The molecule has 1 aromatic heterocycles. The Morgan fingerprint density at radius 3 is 3.00 bits per heavy atom. The van der Waals surface area contributed by atoms with Crippen molar-refractivity contribution in [1.82, 2.24) is 9.55 Å². The minimum atomic E-state index is -0.813. The minimum Gasteiger partial charge on any atom is -0.478 e. The van der Waals surface area contributed by atoms with Crippen molar-refractivity contribution >= 4 is 18.4 Å². The predicted molar refractivity (Wildman–Crippen MR) is 78.6 cm³/mol. The van der Waals surface area contributed by atoms with E-state index in [9.17, 15) is 9.90 Å². The molecule has 1 N–H and O–H groups in total. The average Bonchev–Trinajstić information content (AvgIpc) is 3.05. The summed E-state index contributed by atoms with van der Waals surface area (Å²) in [6, 6.07) is 5.64. The number of nitrogens with zero attached hydrogens (tertiary/aromatic N) is 2. The Labute approximate surface area is 123 Å². The van der Waals surface area contributed by atoms with Gasteiger partial charge in [-0.3, -0.25) is 0 Å². The van der Waals surface area contributed by atoms with Crippen molar-refractivity contribution in [2.24, 2.45) is 0 Å². The maximum Gasteiger partial charge on any atom is 0.335 e. The summed E-state index contributed by atoms with van der Waals surface area (Å²) in [6.45, 7) is 0.932. The molecule has 106 valence electrons. The van der Waals surface area contributed by atoms with Gasteiger partial charge in [-0.25, -0.2) is 9.78 Å². The lowest BCUT2D eigenvalue weighted by Gasteiger charge is -2.12. The van der Waals surface area contributed by atoms with Crippen molar-refractivity contribution in [2.45, 2.75) is 31.7 Å². The van der Waals surface area contributed by atoms with Crippen molar-refractivity contribution in [3.8, 4) is 0 Å². The quantitative estimate of drug-likeness (QED) is 0.942. The third-order valence-electron chi connectivity index (χ3n) is 3.92. The van der Waals surface area contributed by atoms with Gasteiger partial charge in [0.25, 0.3) is 0 Å². The number of aromatic nitrogens is 2. The second-order valence-electron chi connectivity index (χ2n) is 5.00. The van der Waals surface area contributed by atoms with Crippen LogP contribution in [-0.4, -0.2) is 20.6 Å². The molecular formula is C15H17ClN2O2. The normalized spacial score (nSPS) is 16.5. The largest absolute Gasteiger partial charge is 0.478 e. The maximum absolute atomic E-state index is 11.2. The van der Waals surface area contributed by atoms with E-state index in [1.54, 1.807) is 12.3 Å². The molecule has 3 rings (SSSR count). The van der Waals surface area contributed by atoms with Gasteiger partial charge < -0.3 is 9.67 Å². The monoisotopic (exact) mass is 292 g/mol. The van der Waals surface area contributed by atoms with Gasteiger partial charge in [0.15, 0.2) is 0 Å². The van der Waals surface area contributed by atoms with Crippen LogP contribution in [0.1, 0.15) is 40.2 Å². The number of carboxylic acid groups (broad SMARTS) is 1. The summed E-state index contributed by atoms with van der Waals surface area (Å²) < 4.78 is 2.07. The second kappa shape index (κ2) is 6.09. The van der Waals surface area contributed by atoms with E-state index in [-0.39, 0.29) is 12.4 Å². The standard InChI is InChI=1S/C15H16N2O2.ClH/c18-15(19)14-3-1-2-12-11(4-5-13(12)14)6-8-17-9-7-16-10-17;/h1-3,7,9-11H,4-6,8H2,(H,18,19);1H. The molecule has 2 aromatic rings. The lowest BCUT2D eigenvalue weighted by atomic mass is 9.96. The van der Waals surface area contributed by atoms with Crippen LogP contribution in [0.2, 0.25) is 0 Å². The molecular weight excluding hydrogens is 276 g/mol. The van der Waals surface area contributed by atoms with E-state index < -0.39 is 5.97 Å². The minimum absolute atomic E-state index is 0. The summed E-state index contributed by atoms with van der Waals surface area (Å²) in [5.41, 5.74) is 2.73. The van der Waals surface area contributed by atoms with Crippen LogP contribution in [0.5, 0.6) is 0 Å². The van der Waals surface area contributed by atoms with Gasteiger partial charge >= 0.3 is 5.97 Å². The molecule has 0 bridgehead atoms. The summed E-state index contributed by atoms with van der Waals surface area (Å²) in [5, 5.41) is 9.20. The molecule has 0 saturated heterocycles. The van der Waals surface area contributed by atoms with Crippen molar-refractivity contribution in [2.75, 3.05) is 0 Å². The van der Waals surface area contributed by atoms with Crippen molar-refractivity contribution < 1.29 is 9.90 Å². The van der Waals surface area contributed by atoms with Crippen LogP contribution in [0.3, 0.4) is 0 Å². The second-order valence-corrected chi connectivity index (χ2v) is 5.00. The van der Waals surface area contributed by atoms with Crippen LogP contribution in [0.15, 0.2) is 36.9 Å². The molecule has 1 aliphatic carbocycles. The highest BCUT2D eigenvalue weighted by Crippen LogP contribution is 2.37. The van der Waals surface area contributed by atoms with Crippen LogP contribution in [-0.2, 0) is 13.0 Å². The van der Waals surface area contributed by atoms with E-state index in [0.29, 0.717) is 11.5 Å². The van der Waals surface area contributed by atoms with Gasteiger partial charge in [0.05, 0.1) is 11.9 Å². The van der Waals surface area contributed by atoms with E-state index in [2.05, 4.69) is 15.6 Å². The van der Waals surface area contributed by atoms with Crippen LogP contribution >= 0.6 is 12.4 Å². The van der Waals surface area contributed by atoms with Gasteiger partial charge in [0.1, 0.15) is 0 Å². The molecule has 0 fully saturated rings. The van der Waals surface area contributed by atoms with E-state index in [1.165, 1.54) is 5.56 Å². The SMILES string of the molecule is Cl.O=C(O)c1cccc2c1CCC2CCn1ccnc1. The fourth-order valence-corrected chi connectivity index (χ4v) is 2.96. The third-order valence-corrected chi connectivity index (χ3v) is 3.92. The van der Waals surface area contributed by atoms with E-state index in [4.69, 9.17) is 0 Å². The maximum atomic E-state index is 11.2. The summed E-state index contributed by atoms with van der Waals surface area (Å²) >= 11 is 0. The topological polar surface area (TPSA) is 55.1 Å². The van der Waals surface area contributed by atoms with Gasteiger partial charge in [-0.2, -0.15) is 0 Å². The highest BCUT2D eigenvalue weighted by molar-refractivity contribution is 5.90. The zero-order chi connectivity index (χ0) is 13.2. The Kier molecular flexibility index (Phi) is 4.45. The number of benzene rings is 1. The molecule has 0 spiro atoms. The molecule has 1 heterocycles. The number of hydrogen-bond donors (Lipinski definition) is 1. The van der Waals surface area contributed by atoms with Crippen molar-refractivity contribution in [1.29, 1.82) is 0 Å². The van der Waals surface area contributed by atoms with E-state index >= 15 is 0 Å². The van der Waals surface area contributed by atoms with Crippen LogP contribution in [0.25, 0.3) is 0 Å². The Balaban J connectivity index is 0.00000147. The number of carbonyl (C=O) groups is 1. The third kappa shape index (κ3) is 2.70. The molecule has 1 unspecified atom stereocenters. The average molecular weight is 293 g/mol. The van der Waals surface area contributed by atoms with Gasteiger partial charge in [0.2, 0.25) is 0 Å². The van der Waals surface area contributed by atoms with Gasteiger partial charge in [-0.1, -0.05) is 12.1 Å². The number of aromatic carboxylic acids is 1. The molecule has 5 heteroatoms. The molecule has 4 nitrogen and oxygen atoms in total. The first kappa shape index (κ1) is 14.6. The van der Waals surface area contributed by atoms with Crippen molar-refractivity contribution in [3.05, 3.63) is 53.6 Å². The Hall–Kier alpha value is -1.81. The highest BCUT2D eigenvalue weighted by atomic mass is 35.5. The van der Waals surface area contributed by atoms with E-state index in [0.717, 1.165) is 31.4 Å². The summed E-state index contributed by atoms with van der Waals surface area (Å²) in [6.07, 6.45) is 8.53. The van der Waals surface area contributed by atoms with Crippen LogP contribution < -0.4 is 0 Å². The first-order valence-electron chi connectivity index (χ1n) is 6.56. The molecule has 0 radical (unpaired) electrons. The fourth-order valence-electron chi connectivity index (χ4n) is 2.96. The van der Waals surface area contributed by atoms with Gasteiger partial charge in [-0.15, -0.1) is 12.4 Å². The fraction of sp³-hybridized carbons (Fsp3) is 0.333. The molecule has 20 heavy (non-hydrogen) atoms. The summed E-state index contributed by atoms with van der Waals surface area (Å²) in [7, 11) is 0. The first-order chi connectivity index (χ1) is 9.25. The zero-order valence-corrected chi connectivity index (χ0v) is 11.8. The number of rotatable bonds is 4. The molecule has 1 aliphatic rings. The number of carboxylic acids is 1. The van der Waals surface area contributed by atoms with Crippen LogP contribution in [0.4, 0.5) is 0 Å². The van der Waals surface area contributed by atoms with Crippen LogP contribution in [0, 0.1) is 0 Å². The summed E-state index contributed by atoms with van der Waals surface area (Å²) in [4.78, 5) is 15.2. The molecule has 0 saturated carbocycles. The Morgan fingerprint density at radius 2 is 2.30 bits per heavy atom. The number of imidazole rings is 1.